The molecule has 11 heavy (non-hydrogen) atoms. The molecule has 1 atom stereocenters. The van der Waals surface area contributed by atoms with Crippen molar-refractivity contribution in [3.8, 4) is 0 Å². The van der Waals surface area contributed by atoms with Crippen LogP contribution in [-0.2, 0) is 4.74 Å². The first-order valence-electron chi connectivity index (χ1n) is 4.23. The van der Waals surface area contributed by atoms with Gasteiger partial charge in [0.1, 0.15) is 0 Å². The van der Waals surface area contributed by atoms with Crippen LogP contribution < -0.4 is 0 Å². The van der Waals surface area contributed by atoms with Gasteiger partial charge in [-0.2, -0.15) is 0 Å². The standard InChI is InChI=1S/C9H21NO/c1-8(2)6-9(11-5)7-10(3)4/h8-9H,6-7H2,1-5H3. The first kappa shape index (κ1) is 10.9. The predicted molar refractivity (Wildman–Crippen MR) is 48.8 cm³/mol. The van der Waals surface area contributed by atoms with E-state index in [1.165, 1.54) is 0 Å². The number of hydrogen-bond donors (Lipinski definition) is 0. The van der Waals surface area contributed by atoms with Gasteiger partial charge in [-0.05, 0) is 26.4 Å². The van der Waals surface area contributed by atoms with Crippen LogP contribution in [0.4, 0.5) is 0 Å². The minimum Gasteiger partial charge on any atom is -0.380 e. The molecule has 0 radical (unpaired) electrons. The molecule has 0 bridgehead atoms. The van der Waals surface area contributed by atoms with Crippen LogP contribution in [0.15, 0.2) is 0 Å². The Hall–Kier alpha value is -0.0800. The van der Waals surface area contributed by atoms with E-state index in [-0.39, 0.29) is 0 Å². The van der Waals surface area contributed by atoms with E-state index in [1.54, 1.807) is 7.11 Å². The molecule has 2 heteroatoms. The zero-order chi connectivity index (χ0) is 8.85. The van der Waals surface area contributed by atoms with Crippen LogP contribution in [0.1, 0.15) is 20.3 Å². The topological polar surface area (TPSA) is 12.5 Å². The summed E-state index contributed by atoms with van der Waals surface area (Å²) < 4.78 is 5.33. The summed E-state index contributed by atoms with van der Waals surface area (Å²) in [7, 11) is 5.94. The second kappa shape index (κ2) is 5.56. The highest BCUT2D eigenvalue weighted by Gasteiger charge is 2.09. The molecule has 0 aliphatic heterocycles. The Bertz CT molecular complexity index is 81.6. The molecule has 0 heterocycles. The van der Waals surface area contributed by atoms with Crippen molar-refractivity contribution in [1.82, 2.24) is 4.90 Å². The molecule has 2 nitrogen and oxygen atoms in total. The maximum Gasteiger partial charge on any atom is 0.0700 e. The fourth-order valence-electron chi connectivity index (χ4n) is 1.18. The highest BCUT2D eigenvalue weighted by atomic mass is 16.5. The zero-order valence-electron chi connectivity index (χ0n) is 8.42. The zero-order valence-corrected chi connectivity index (χ0v) is 8.42. The van der Waals surface area contributed by atoms with Crippen LogP contribution >= 0.6 is 0 Å². The minimum absolute atomic E-state index is 0.394. The molecule has 0 aromatic rings. The Morgan fingerprint density at radius 3 is 2.09 bits per heavy atom. The average molecular weight is 159 g/mol. The molecule has 68 valence electrons. The van der Waals surface area contributed by atoms with Gasteiger partial charge >= 0.3 is 0 Å². The molecular formula is C9H21NO. The van der Waals surface area contributed by atoms with Gasteiger partial charge in [0.15, 0.2) is 0 Å². The Kier molecular flexibility index (Phi) is 5.51. The average Bonchev–Trinajstić information content (AvgIpc) is 1.84. The van der Waals surface area contributed by atoms with E-state index in [0.29, 0.717) is 6.10 Å². The summed E-state index contributed by atoms with van der Waals surface area (Å²) in [6.07, 6.45) is 1.54. The van der Waals surface area contributed by atoms with Crippen molar-refractivity contribution in [3.63, 3.8) is 0 Å². The van der Waals surface area contributed by atoms with Crippen molar-refractivity contribution in [2.75, 3.05) is 27.7 Å². The third-order valence-electron chi connectivity index (χ3n) is 1.64. The van der Waals surface area contributed by atoms with Gasteiger partial charge in [0.25, 0.3) is 0 Å². The minimum atomic E-state index is 0.394. The summed E-state index contributed by atoms with van der Waals surface area (Å²) in [4.78, 5) is 2.16. The lowest BCUT2D eigenvalue weighted by molar-refractivity contribution is 0.0624. The Morgan fingerprint density at radius 1 is 1.27 bits per heavy atom. The summed E-state index contributed by atoms with van der Waals surface area (Å²) in [6.45, 7) is 5.47. The number of likely N-dealkylation sites (N-methyl/N-ethyl adjacent to an activating group) is 1. The van der Waals surface area contributed by atoms with E-state index in [1.807, 2.05) is 0 Å². The van der Waals surface area contributed by atoms with Gasteiger partial charge in [-0.15, -0.1) is 0 Å². The second-order valence-corrected chi connectivity index (χ2v) is 3.75. The Labute approximate surface area is 70.5 Å². The van der Waals surface area contributed by atoms with E-state index >= 15 is 0 Å². The van der Waals surface area contributed by atoms with Crippen molar-refractivity contribution < 1.29 is 4.74 Å². The molecule has 0 saturated heterocycles. The molecule has 0 N–H and O–H groups in total. The number of methoxy groups -OCH3 is 1. The van der Waals surface area contributed by atoms with Crippen molar-refractivity contribution in [1.29, 1.82) is 0 Å². The van der Waals surface area contributed by atoms with Gasteiger partial charge in [-0.1, -0.05) is 13.8 Å². The fourth-order valence-corrected chi connectivity index (χ4v) is 1.18. The van der Waals surface area contributed by atoms with E-state index in [2.05, 4.69) is 32.8 Å². The third-order valence-corrected chi connectivity index (χ3v) is 1.64. The summed E-state index contributed by atoms with van der Waals surface area (Å²) in [5.74, 6) is 0.722. The second-order valence-electron chi connectivity index (χ2n) is 3.75. The maximum atomic E-state index is 5.33. The van der Waals surface area contributed by atoms with Crippen molar-refractivity contribution in [2.24, 2.45) is 5.92 Å². The number of hydrogen-bond acceptors (Lipinski definition) is 2. The van der Waals surface area contributed by atoms with Crippen molar-refractivity contribution in [3.05, 3.63) is 0 Å². The Morgan fingerprint density at radius 2 is 1.82 bits per heavy atom. The van der Waals surface area contributed by atoms with Gasteiger partial charge in [-0.25, -0.2) is 0 Å². The van der Waals surface area contributed by atoms with E-state index < -0.39 is 0 Å². The molecule has 0 rings (SSSR count). The van der Waals surface area contributed by atoms with Crippen LogP contribution in [0.2, 0.25) is 0 Å². The molecular weight excluding hydrogens is 138 g/mol. The molecule has 0 amide bonds. The van der Waals surface area contributed by atoms with Gasteiger partial charge in [-0.3, -0.25) is 0 Å². The highest BCUT2D eigenvalue weighted by Crippen LogP contribution is 2.07. The van der Waals surface area contributed by atoms with Crippen molar-refractivity contribution in [2.45, 2.75) is 26.4 Å². The van der Waals surface area contributed by atoms with Crippen LogP contribution in [0.3, 0.4) is 0 Å². The molecule has 0 aromatic carbocycles. The molecule has 0 aromatic heterocycles. The van der Waals surface area contributed by atoms with E-state index in [0.717, 1.165) is 18.9 Å². The van der Waals surface area contributed by atoms with E-state index in [9.17, 15) is 0 Å². The van der Waals surface area contributed by atoms with Crippen LogP contribution in [0.5, 0.6) is 0 Å². The quantitative estimate of drug-likeness (QED) is 0.604. The largest absolute Gasteiger partial charge is 0.380 e. The first-order chi connectivity index (χ1) is 5.06. The first-order valence-corrected chi connectivity index (χ1v) is 4.23. The molecule has 0 aliphatic rings. The summed E-state index contributed by atoms with van der Waals surface area (Å²) in [6, 6.07) is 0. The van der Waals surface area contributed by atoms with Crippen LogP contribution in [0.25, 0.3) is 0 Å². The lowest BCUT2D eigenvalue weighted by Crippen LogP contribution is -2.28. The Balaban J connectivity index is 3.58. The summed E-state index contributed by atoms with van der Waals surface area (Å²) in [5.41, 5.74) is 0. The summed E-state index contributed by atoms with van der Waals surface area (Å²) >= 11 is 0. The van der Waals surface area contributed by atoms with E-state index in [4.69, 9.17) is 4.74 Å². The molecule has 0 fully saturated rings. The molecule has 0 aliphatic carbocycles. The molecule has 1 unspecified atom stereocenters. The highest BCUT2D eigenvalue weighted by molar-refractivity contribution is 4.62. The fraction of sp³-hybridized carbons (Fsp3) is 1.00. The third kappa shape index (κ3) is 6.32. The van der Waals surface area contributed by atoms with Gasteiger partial charge in [0.2, 0.25) is 0 Å². The maximum absolute atomic E-state index is 5.33. The van der Waals surface area contributed by atoms with Gasteiger partial charge in [0.05, 0.1) is 6.10 Å². The monoisotopic (exact) mass is 159 g/mol. The smallest absolute Gasteiger partial charge is 0.0700 e. The lowest BCUT2D eigenvalue weighted by atomic mass is 10.1. The number of rotatable bonds is 5. The van der Waals surface area contributed by atoms with Gasteiger partial charge in [0, 0.05) is 13.7 Å². The predicted octanol–water partition coefficient (Wildman–Crippen LogP) is 1.61. The SMILES string of the molecule is COC(CC(C)C)CN(C)C. The van der Waals surface area contributed by atoms with Crippen LogP contribution in [0, 0.1) is 5.92 Å². The normalized spacial score (nSPS) is 14.5. The molecule has 0 spiro atoms. The summed E-state index contributed by atoms with van der Waals surface area (Å²) in [5, 5.41) is 0. The number of nitrogens with zero attached hydrogens (tertiary/aromatic N) is 1. The molecule has 0 saturated carbocycles. The lowest BCUT2D eigenvalue weighted by Gasteiger charge is -2.21. The van der Waals surface area contributed by atoms with Crippen LogP contribution in [-0.4, -0.2) is 38.8 Å². The van der Waals surface area contributed by atoms with Gasteiger partial charge < -0.3 is 9.64 Å². The van der Waals surface area contributed by atoms with Crippen molar-refractivity contribution >= 4 is 0 Å². The number of ether oxygens (including phenoxy) is 1.